The summed E-state index contributed by atoms with van der Waals surface area (Å²) in [4.78, 5) is 0. The van der Waals surface area contributed by atoms with Crippen LogP contribution in [0, 0.1) is 23.2 Å². The van der Waals surface area contributed by atoms with Gasteiger partial charge in [-0.3, -0.25) is 0 Å². The zero-order valence-electron chi connectivity index (χ0n) is 16.2. The van der Waals surface area contributed by atoms with Crippen LogP contribution in [-0.2, 0) is 4.43 Å². The molecule has 2 saturated carbocycles. The standard InChI is InChI=1S/C20H40O2Si/c1-6-23(7-2,8-3)22-15-16(4)17-11-9-12-18-19(21)13-10-14-20(17,18)5/h16-19,21H,6-15H2,1-5H3/t16-,17?,18?,19+,20-/m1/s1. The van der Waals surface area contributed by atoms with Crippen molar-refractivity contribution in [1.82, 2.24) is 0 Å². The number of hydrogen-bond acceptors (Lipinski definition) is 2. The molecule has 0 saturated heterocycles. The average molecular weight is 341 g/mol. The monoisotopic (exact) mass is 340 g/mol. The van der Waals surface area contributed by atoms with Crippen LogP contribution < -0.4 is 0 Å². The van der Waals surface area contributed by atoms with E-state index in [2.05, 4.69) is 34.6 Å². The van der Waals surface area contributed by atoms with Crippen LogP contribution in [0.1, 0.15) is 73.1 Å². The highest BCUT2D eigenvalue weighted by Crippen LogP contribution is 2.55. The summed E-state index contributed by atoms with van der Waals surface area (Å²) >= 11 is 0. The van der Waals surface area contributed by atoms with Gasteiger partial charge in [-0.15, -0.1) is 0 Å². The maximum absolute atomic E-state index is 10.5. The van der Waals surface area contributed by atoms with Crippen LogP contribution in [0.15, 0.2) is 0 Å². The smallest absolute Gasteiger partial charge is 0.191 e. The minimum atomic E-state index is -1.47. The molecule has 2 rings (SSSR count). The van der Waals surface area contributed by atoms with E-state index in [9.17, 15) is 5.11 Å². The summed E-state index contributed by atoms with van der Waals surface area (Å²) in [6.45, 7) is 12.8. The average Bonchev–Trinajstić information content (AvgIpc) is 2.56. The van der Waals surface area contributed by atoms with Crippen LogP contribution in [0.25, 0.3) is 0 Å². The molecule has 2 unspecified atom stereocenters. The maximum atomic E-state index is 10.5. The first kappa shape index (κ1) is 19.5. The molecular weight excluding hydrogens is 300 g/mol. The maximum Gasteiger partial charge on any atom is 0.191 e. The van der Waals surface area contributed by atoms with Crippen LogP contribution in [0.3, 0.4) is 0 Å². The van der Waals surface area contributed by atoms with Gasteiger partial charge in [-0.1, -0.05) is 47.5 Å². The first-order valence-corrected chi connectivity index (χ1v) is 12.8. The summed E-state index contributed by atoms with van der Waals surface area (Å²) in [6, 6.07) is 3.74. The van der Waals surface area contributed by atoms with Crippen molar-refractivity contribution in [2.24, 2.45) is 23.2 Å². The van der Waals surface area contributed by atoms with Crippen molar-refractivity contribution in [2.45, 2.75) is 97.4 Å². The van der Waals surface area contributed by atoms with Gasteiger partial charge in [0.15, 0.2) is 8.32 Å². The Labute approximate surface area is 145 Å². The molecule has 2 fully saturated rings. The van der Waals surface area contributed by atoms with Gasteiger partial charge in [0.1, 0.15) is 0 Å². The lowest BCUT2D eigenvalue weighted by molar-refractivity contribution is -0.0960. The molecule has 0 heterocycles. The Balaban J connectivity index is 2.04. The van der Waals surface area contributed by atoms with Crippen LogP contribution >= 0.6 is 0 Å². The quantitative estimate of drug-likeness (QED) is 0.610. The van der Waals surface area contributed by atoms with E-state index in [0.29, 0.717) is 17.3 Å². The number of rotatable bonds is 7. The predicted molar refractivity (Wildman–Crippen MR) is 101 cm³/mol. The first-order valence-electron chi connectivity index (χ1n) is 10.2. The molecule has 23 heavy (non-hydrogen) atoms. The minimum absolute atomic E-state index is 0.0555. The molecule has 2 aliphatic carbocycles. The fraction of sp³-hybridized carbons (Fsp3) is 1.00. The zero-order valence-corrected chi connectivity index (χ0v) is 17.2. The molecule has 5 atom stereocenters. The van der Waals surface area contributed by atoms with E-state index < -0.39 is 8.32 Å². The van der Waals surface area contributed by atoms with E-state index in [1.54, 1.807) is 0 Å². The molecule has 2 nitrogen and oxygen atoms in total. The third-order valence-corrected chi connectivity index (χ3v) is 12.3. The summed E-state index contributed by atoms with van der Waals surface area (Å²) in [6.07, 6.45) is 7.35. The van der Waals surface area contributed by atoms with Gasteiger partial charge >= 0.3 is 0 Å². The Hall–Kier alpha value is 0.137. The second-order valence-corrected chi connectivity index (χ2v) is 13.4. The first-order chi connectivity index (χ1) is 10.9. The number of hydrogen-bond donors (Lipinski definition) is 1. The lowest BCUT2D eigenvalue weighted by Crippen LogP contribution is -2.50. The van der Waals surface area contributed by atoms with Gasteiger partial charge in [0.2, 0.25) is 0 Å². The number of aliphatic hydroxyl groups excluding tert-OH is 1. The third kappa shape index (κ3) is 3.87. The molecule has 0 spiro atoms. The molecule has 3 heteroatoms. The van der Waals surface area contributed by atoms with Crippen molar-refractivity contribution < 1.29 is 9.53 Å². The van der Waals surface area contributed by atoms with Crippen molar-refractivity contribution in [3.63, 3.8) is 0 Å². The van der Waals surface area contributed by atoms with Gasteiger partial charge in [0.25, 0.3) is 0 Å². The van der Waals surface area contributed by atoms with Crippen molar-refractivity contribution in [1.29, 1.82) is 0 Å². The second kappa shape index (κ2) is 8.01. The fourth-order valence-electron chi connectivity index (χ4n) is 5.80. The Morgan fingerprint density at radius 2 is 1.74 bits per heavy atom. The van der Waals surface area contributed by atoms with Crippen LogP contribution in [0.4, 0.5) is 0 Å². The van der Waals surface area contributed by atoms with Crippen molar-refractivity contribution in [2.75, 3.05) is 6.61 Å². The van der Waals surface area contributed by atoms with Crippen LogP contribution in [0.2, 0.25) is 18.1 Å². The Kier molecular flexibility index (Phi) is 6.78. The molecule has 0 aromatic rings. The van der Waals surface area contributed by atoms with E-state index >= 15 is 0 Å². The van der Waals surface area contributed by atoms with Gasteiger partial charge in [0, 0.05) is 6.61 Å². The summed E-state index contributed by atoms with van der Waals surface area (Å²) in [5.74, 6) is 1.89. The van der Waals surface area contributed by atoms with Crippen LogP contribution in [-0.4, -0.2) is 26.1 Å². The van der Waals surface area contributed by atoms with E-state index in [4.69, 9.17) is 4.43 Å². The molecule has 2 aliphatic rings. The minimum Gasteiger partial charge on any atom is -0.417 e. The van der Waals surface area contributed by atoms with Crippen LogP contribution in [0.5, 0.6) is 0 Å². The zero-order chi connectivity index (χ0) is 17.1. The van der Waals surface area contributed by atoms with Crippen molar-refractivity contribution in [3.8, 4) is 0 Å². The lowest BCUT2D eigenvalue weighted by Gasteiger charge is -2.54. The Morgan fingerprint density at radius 1 is 1.09 bits per heavy atom. The number of fused-ring (bicyclic) bond motifs is 1. The van der Waals surface area contributed by atoms with Crippen molar-refractivity contribution >= 4 is 8.32 Å². The summed E-state index contributed by atoms with van der Waals surface area (Å²) < 4.78 is 6.62. The highest BCUT2D eigenvalue weighted by Gasteiger charge is 2.50. The Morgan fingerprint density at radius 3 is 2.35 bits per heavy atom. The third-order valence-electron chi connectivity index (χ3n) is 7.68. The number of aliphatic hydroxyl groups is 1. The van der Waals surface area contributed by atoms with E-state index in [-0.39, 0.29) is 6.10 Å². The summed E-state index contributed by atoms with van der Waals surface area (Å²) in [7, 11) is -1.47. The van der Waals surface area contributed by atoms with Gasteiger partial charge in [0.05, 0.1) is 6.10 Å². The Bertz CT molecular complexity index is 360. The van der Waals surface area contributed by atoms with Gasteiger partial charge < -0.3 is 9.53 Å². The highest BCUT2D eigenvalue weighted by atomic mass is 28.4. The molecule has 0 radical (unpaired) electrons. The summed E-state index contributed by atoms with van der Waals surface area (Å²) in [5, 5.41) is 10.5. The normalized spacial score (nSPS) is 36.5. The predicted octanol–water partition coefficient (Wildman–Crippen LogP) is 5.61. The molecular formula is C20H40O2Si. The van der Waals surface area contributed by atoms with E-state index in [1.165, 1.54) is 50.2 Å². The van der Waals surface area contributed by atoms with Gasteiger partial charge in [-0.2, -0.15) is 0 Å². The topological polar surface area (TPSA) is 29.5 Å². The van der Waals surface area contributed by atoms with E-state index in [1.807, 2.05) is 0 Å². The lowest BCUT2D eigenvalue weighted by atomic mass is 9.52. The van der Waals surface area contributed by atoms with E-state index in [0.717, 1.165) is 18.9 Å². The largest absolute Gasteiger partial charge is 0.417 e. The second-order valence-electron chi connectivity index (χ2n) is 8.64. The van der Waals surface area contributed by atoms with Crippen molar-refractivity contribution in [3.05, 3.63) is 0 Å². The molecule has 1 N–H and O–H groups in total. The van der Waals surface area contributed by atoms with Gasteiger partial charge in [-0.25, -0.2) is 0 Å². The van der Waals surface area contributed by atoms with Gasteiger partial charge in [-0.05, 0) is 67.0 Å². The molecule has 0 aromatic heterocycles. The summed E-state index contributed by atoms with van der Waals surface area (Å²) in [5.41, 5.74) is 0.341. The molecule has 0 aromatic carbocycles. The molecule has 0 amide bonds. The molecule has 0 bridgehead atoms. The SMILES string of the molecule is CC[Si](CC)(CC)OC[C@@H](C)C1CCCC2[C@@H](O)CCC[C@]12C. The molecule has 0 aliphatic heterocycles. The highest BCUT2D eigenvalue weighted by molar-refractivity contribution is 6.73. The molecule has 136 valence electrons. The fourth-order valence-corrected chi connectivity index (χ4v) is 8.53.